The van der Waals surface area contributed by atoms with E-state index in [0.717, 1.165) is 21.5 Å². The summed E-state index contributed by atoms with van der Waals surface area (Å²) < 4.78 is 8.15. The van der Waals surface area contributed by atoms with Crippen LogP contribution in [0.3, 0.4) is 0 Å². The number of carbonyl (C=O) groups is 2. The van der Waals surface area contributed by atoms with Crippen molar-refractivity contribution in [1.29, 1.82) is 0 Å². The molecular formula is C20H18BrN3O3. The lowest BCUT2D eigenvalue weighted by Gasteiger charge is -2.08. The Kier molecular flexibility index (Phi) is 5.41. The molecule has 1 heterocycles. The van der Waals surface area contributed by atoms with Gasteiger partial charge in [0.25, 0.3) is 0 Å². The molecule has 0 atom stereocenters. The molecular weight excluding hydrogens is 410 g/mol. The topological polar surface area (TPSA) is 73.2 Å². The van der Waals surface area contributed by atoms with E-state index in [-0.39, 0.29) is 5.91 Å². The van der Waals surface area contributed by atoms with E-state index in [2.05, 4.69) is 26.3 Å². The number of halogens is 1. The fraction of sp³-hybridized carbons (Fsp3) is 0.150. The predicted octanol–water partition coefficient (Wildman–Crippen LogP) is 4.43. The molecule has 0 aliphatic rings. The normalized spacial score (nSPS) is 10.5. The Morgan fingerprint density at radius 2 is 1.67 bits per heavy atom. The summed E-state index contributed by atoms with van der Waals surface area (Å²) in [5, 5.41) is 7.13. The maximum absolute atomic E-state index is 12.3. The summed E-state index contributed by atoms with van der Waals surface area (Å²) in [4.78, 5) is 23.4. The van der Waals surface area contributed by atoms with Crippen LogP contribution in [0.15, 0.2) is 53.0 Å². The highest BCUT2D eigenvalue weighted by Gasteiger charge is 2.12. The van der Waals surface area contributed by atoms with Crippen LogP contribution >= 0.6 is 15.9 Å². The molecule has 3 aromatic rings. The maximum Gasteiger partial charge on any atom is 0.343 e. The molecule has 0 aliphatic heterocycles. The monoisotopic (exact) mass is 427 g/mol. The van der Waals surface area contributed by atoms with Crippen LogP contribution in [-0.2, 0) is 4.79 Å². The van der Waals surface area contributed by atoms with Crippen LogP contribution in [0.1, 0.15) is 28.7 Å². The van der Waals surface area contributed by atoms with Crippen LogP contribution in [0.4, 0.5) is 5.69 Å². The summed E-state index contributed by atoms with van der Waals surface area (Å²) in [5.74, 6) is -0.210. The third-order valence-corrected chi connectivity index (χ3v) is 5.08. The van der Waals surface area contributed by atoms with E-state index in [1.54, 1.807) is 36.4 Å². The third kappa shape index (κ3) is 4.25. The number of ether oxygens (including phenoxy) is 1. The van der Waals surface area contributed by atoms with E-state index in [4.69, 9.17) is 4.74 Å². The Morgan fingerprint density at radius 3 is 2.19 bits per heavy atom. The number of hydrogen-bond acceptors (Lipinski definition) is 4. The smallest absolute Gasteiger partial charge is 0.343 e. The lowest BCUT2D eigenvalue weighted by Crippen LogP contribution is -2.09. The van der Waals surface area contributed by atoms with E-state index in [1.807, 2.05) is 30.7 Å². The van der Waals surface area contributed by atoms with Gasteiger partial charge in [0, 0.05) is 12.6 Å². The zero-order chi connectivity index (χ0) is 19.6. The molecule has 1 amide bonds. The van der Waals surface area contributed by atoms with Gasteiger partial charge in [0.2, 0.25) is 5.91 Å². The minimum Gasteiger partial charge on any atom is -0.423 e. The van der Waals surface area contributed by atoms with E-state index in [0.29, 0.717) is 17.0 Å². The minimum atomic E-state index is -0.455. The van der Waals surface area contributed by atoms with Crippen molar-refractivity contribution in [1.82, 2.24) is 9.78 Å². The molecule has 0 fully saturated rings. The zero-order valence-electron chi connectivity index (χ0n) is 15.1. The second kappa shape index (κ2) is 7.75. The fourth-order valence-corrected chi connectivity index (χ4v) is 2.84. The number of amides is 1. The molecule has 1 aromatic heterocycles. The van der Waals surface area contributed by atoms with E-state index in [9.17, 15) is 9.59 Å². The zero-order valence-corrected chi connectivity index (χ0v) is 16.7. The number of nitrogens with zero attached hydrogens (tertiary/aromatic N) is 2. The van der Waals surface area contributed by atoms with Gasteiger partial charge in [-0.25, -0.2) is 9.48 Å². The first-order valence-corrected chi connectivity index (χ1v) is 9.06. The molecule has 2 aromatic carbocycles. The fourth-order valence-electron chi connectivity index (χ4n) is 2.59. The summed E-state index contributed by atoms with van der Waals surface area (Å²) in [6.45, 7) is 5.33. The van der Waals surface area contributed by atoms with E-state index >= 15 is 0 Å². The molecule has 0 unspecified atom stereocenters. The first-order chi connectivity index (χ1) is 12.8. The van der Waals surface area contributed by atoms with Crippen molar-refractivity contribution >= 4 is 33.5 Å². The number of nitrogens with one attached hydrogen (secondary N) is 1. The number of aromatic nitrogens is 2. The maximum atomic E-state index is 12.3. The van der Waals surface area contributed by atoms with Gasteiger partial charge in [0.15, 0.2) is 0 Å². The number of aryl methyl sites for hydroxylation is 1. The lowest BCUT2D eigenvalue weighted by molar-refractivity contribution is -0.114. The first-order valence-electron chi connectivity index (χ1n) is 8.27. The Balaban J connectivity index is 1.72. The molecule has 0 aliphatic carbocycles. The van der Waals surface area contributed by atoms with Crippen molar-refractivity contribution in [2.24, 2.45) is 0 Å². The van der Waals surface area contributed by atoms with Gasteiger partial charge >= 0.3 is 5.97 Å². The number of esters is 1. The van der Waals surface area contributed by atoms with Gasteiger partial charge in [-0.3, -0.25) is 4.79 Å². The van der Waals surface area contributed by atoms with Crippen LogP contribution in [0.25, 0.3) is 5.69 Å². The Labute approximate surface area is 165 Å². The molecule has 0 saturated heterocycles. The number of hydrogen-bond donors (Lipinski definition) is 1. The van der Waals surface area contributed by atoms with Gasteiger partial charge in [-0.05, 0) is 78.3 Å². The average molecular weight is 428 g/mol. The highest BCUT2D eigenvalue weighted by Crippen LogP contribution is 2.23. The molecule has 0 saturated carbocycles. The van der Waals surface area contributed by atoms with Crippen molar-refractivity contribution in [2.45, 2.75) is 20.8 Å². The molecule has 6 nitrogen and oxygen atoms in total. The molecule has 0 bridgehead atoms. The summed E-state index contributed by atoms with van der Waals surface area (Å²) in [6.07, 6.45) is 0. The molecule has 0 radical (unpaired) electrons. The van der Waals surface area contributed by atoms with Crippen molar-refractivity contribution in [3.8, 4) is 11.4 Å². The largest absolute Gasteiger partial charge is 0.423 e. The lowest BCUT2D eigenvalue weighted by atomic mass is 10.2. The van der Waals surface area contributed by atoms with Gasteiger partial charge in [-0.1, -0.05) is 0 Å². The first kappa shape index (κ1) is 18.8. The van der Waals surface area contributed by atoms with Crippen LogP contribution in [-0.4, -0.2) is 21.7 Å². The van der Waals surface area contributed by atoms with E-state index in [1.165, 1.54) is 6.92 Å². The summed E-state index contributed by atoms with van der Waals surface area (Å²) in [7, 11) is 0. The highest BCUT2D eigenvalue weighted by molar-refractivity contribution is 9.10. The van der Waals surface area contributed by atoms with Crippen molar-refractivity contribution in [2.75, 3.05) is 5.32 Å². The van der Waals surface area contributed by atoms with E-state index < -0.39 is 5.97 Å². The van der Waals surface area contributed by atoms with Crippen LogP contribution < -0.4 is 10.1 Å². The SMILES string of the molecule is CC(=O)Nc1ccc(OC(=O)c2ccc(-n3nc(C)c(Br)c3C)cc2)cc1. The van der Waals surface area contributed by atoms with Crippen LogP contribution in [0.5, 0.6) is 5.75 Å². The number of rotatable bonds is 4. The second-order valence-corrected chi connectivity index (χ2v) is 6.83. The molecule has 3 rings (SSSR count). The van der Waals surface area contributed by atoms with Crippen molar-refractivity contribution in [3.05, 3.63) is 70.0 Å². The molecule has 7 heteroatoms. The number of benzene rings is 2. The van der Waals surface area contributed by atoms with Gasteiger partial charge in [0.1, 0.15) is 5.75 Å². The third-order valence-electron chi connectivity index (χ3n) is 3.94. The Bertz CT molecular complexity index is 993. The predicted molar refractivity (Wildman–Crippen MR) is 106 cm³/mol. The van der Waals surface area contributed by atoms with Crippen molar-refractivity contribution < 1.29 is 14.3 Å². The minimum absolute atomic E-state index is 0.158. The van der Waals surface area contributed by atoms with Gasteiger partial charge < -0.3 is 10.1 Å². The van der Waals surface area contributed by atoms with Crippen LogP contribution in [0, 0.1) is 13.8 Å². The quantitative estimate of drug-likeness (QED) is 0.493. The second-order valence-electron chi connectivity index (χ2n) is 6.04. The highest BCUT2D eigenvalue weighted by atomic mass is 79.9. The Morgan fingerprint density at radius 1 is 1.04 bits per heavy atom. The summed E-state index contributed by atoms with van der Waals surface area (Å²) in [5.41, 5.74) is 3.83. The number of carbonyl (C=O) groups excluding carboxylic acids is 2. The van der Waals surface area contributed by atoms with Gasteiger partial charge in [-0.15, -0.1) is 0 Å². The summed E-state index contributed by atoms with van der Waals surface area (Å²) in [6, 6.07) is 13.7. The molecule has 138 valence electrons. The summed E-state index contributed by atoms with van der Waals surface area (Å²) >= 11 is 3.51. The molecule has 1 N–H and O–H groups in total. The van der Waals surface area contributed by atoms with Crippen molar-refractivity contribution in [3.63, 3.8) is 0 Å². The molecule has 0 spiro atoms. The van der Waals surface area contributed by atoms with Crippen LogP contribution in [0.2, 0.25) is 0 Å². The van der Waals surface area contributed by atoms with Gasteiger partial charge in [-0.2, -0.15) is 5.10 Å². The van der Waals surface area contributed by atoms with Gasteiger partial charge in [0.05, 0.1) is 27.1 Å². The Hall–Kier alpha value is -2.93. The number of anilines is 1. The average Bonchev–Trinajstić information content (AvgIpc) is 2.90. The standard InChI is InChI=1S/C20H18BrN3O3/c1-12-19(21)13(2)24(23-12)17-8-4-15(5-9-17)20(26)27-18-10-6-16(7-11-18)22-14(3)25/h4-11H,1-3H3,(H,22,25). The molecule has 27 heavy (non-hydrogen) atoms.